The van der Waals surface area contributed by atoms with Gasteiger partial charge in [-0.3, -0.25) is 0 Å². The largest absolute Gasteiger partial charge is 0.455 e. The maximum absolute atomic E-state index is 8.81. The normalized spacial score (nSPS) is 14.4. The lowest BCUT2D eigenvalue weighted by Crippen LogP contribution is -2.02. The highest BCUT2D eigenvalue weighted by molar-refractivity contribution is 6.18. The van der Waals surface area contributed by atoms with Crippen molar-refractivity contribution in [2.75, 3.05) is 0 Å². The van der Waals surface area contributed by atoms with Crippen molar-refractivity contribution >= 4 is 43.7 Å². The number of nitrogens with zero attached hydrogens (tertiary/aromatic N) is 4. The zero-order valence-corrected chi connectivity index (χ0v) is 26.1. The number of rotatable bonds is 5. The molecule has 0 bridgehead atoms. The molecule has 10 rings (SSSR count). The number of hydrogen-bond donors (Lipinski definition) is 0. The van der Waals surface area contributed by atoms with E-state index in [1.807, 2.05) is 103 Å². The van der Waals surface area contributed by atoms with Gasteiger partial charge in [-0.1, -0.05) is 145 Å². The van der Waals surface area contributed by atoms with Crippen LogP contribution in [0.5, 0.6) is 0 Å². The lowest BCUT2D eigenvalue weighted by molar-refractivity contribution is 0.670. The third-order valence-electron chi connectivity index (χ3n) is 8.84. The molecule has 7 aromatic carbocycles. The van der Waals surface area contributed by atoms with Gasteiger partial charge in [0, 0.05) is 38.4 Å². The second-order valence-electron chi connectivity index (χ2n) is 11.7. The molecule has 0 aliphatic carbocycles. The summed E-state index contributed by atoms with van der Waals surface area (Å²) < 4.78 is 94.0. The number of hydrogen-bond acceptors (Lipinski definition) is 4. The second kappa shape index (κ2) is 11.4. The van der Waals surface area contributed by atoms with Gasteiger partial charge in [-0.2, -0.15) is 0 Å². The lowest BCUT2D eigenvalue weighted by Gasteiger charge is -2.13. The van der Waals surface area contributed by atoms with Crippen LogP contribution in [-0.4, -0.2) is 19.5 Å². The Labute approximate surface area is 301 Å². The summed E-state index contributed by atoms with van der Waals surface area (Å²) in [7, 11) is 0. The van der Waals surface area contributed by atoms with Crippen molar-refractivity contribution in [3.63, 3.8) is 0 Å². The Morgan fingerprint density at radius 3 is 1.82 bits per heavy atom. The van der Waals surface area contributed by atoms with Gasteiger partial charge in [-0.15, -0.1) is 0 Å². The van der Waals surface area contributed by atoms with Crippen LogP contribution >= 0.6 is 0 Å². The third-order valence-corrected chi connectivity index (χ3v) is 8.84. The van der Waals surface area contributed by atoms with Crippen molar-refractivity contribution < 1.29 is 18.1 Å². The van der Waals surface area contributed by atoms with Gasteiger partial charge in [0.15, 0.2) is 17.5 Å². The van der Waals surface area contributed by atoms with Crippen LogP contribution in [0.2, 0.25) is 0 Å². The van der Waals surface area contributed by atoms with E-state index in [1.54, 1.807) is 6.07 Å². The summed E-state index contributed by atoms with van der Waals surface area (Å²) in [5.74, 6) is -0.705. The van der Waals surface area contributed by atoms with Crippen LogP contribution in [0.4, 0.5) is 0 Å². The number of fused-ring (bicyclic) bond motifs is 6. The summed E-state index contributed by atoms with van der Waals surface area (Å²) in [6.07, 6.45) is 0. The van der Waals surface area contributed by atoms with E-state index in [1.165, 1.54) is 0 Å². The number of benzene rings is 7. The highest BCUT2D eigenvalue weighted by atomic mass is 16.3. The molecule has 3 heterocycles. The zero-order valence-electron chi connectivity index (χ0n) is 36.1. The van der Waals surface area contributed by atoms with Crippen molar-refractivity contribution in [2.45, 2.75) is 0 Å². The molecule has 0 spiro atoms. The maximum atomic E-state index is 8.81. The van der Waals surface area contributed by atoms with Crippen LogP contribution in [0.1, 0.15) is 13.7 Å². The zero-order chi connectivity index (χ0) is 41.7. The fraction of sp³-hybridized carbons (Fsp3) is 0. The van der Waals surface area contributed by atoms with Gasteiger partial charge in [-0.05, 0) is 29.8 Å². The van der Waals surface area contributed by atoms with Crippen molar-refractivity contribution in [1.82, 2.24) is 19.5 Å². The highest BCUT2D eigenvalue weighted by Crippen LogP contribution is 2.43. The smallest absolute Gasteiger partial charge is 0.166 e. The molecule has 0 radical (unpaired) electrons. The first-order valence-corrected chi connectivity index (χ1v) is 15.9. The second-order valence-corrected chi connectivity index (χ2v) is 11.7. The van der Waals surface area contributed by atoms with E-state index in [2.05, 4.69) is 9.55 Å². The predicted molar refractivity (Wildman–Crippen MR) is 203 cm³/mol. The molecule has 0 atom stereocenters. The molecule has 0 aliphatic heterocycles. The molecule has 234 valence electrons. The van der Waals surface area contributed by atoms with E-state index in [0.29, 0.717) is 16.7 Å². The van der Waals surface area contributed by atoms with Crippen LogP contribution in [-0.2, 0) is 0 Å². The van der Waals surface area contributed by atoms with Gasteiger partial charge >= 0.3 is 0 Å². The minimum absolute atomic E-state index is 0.0288. The summed E-state index contributed by atoms with van der Waals surface area (Å²) in [5, 5.41) is 3.44. The SMILES string of the molecule is [2H]c1c([2H])c([2H])c(-c2nc(-c3c([2H])c([2H])c([2H])c([2H])c3[2H])nc(-c3cccc4c5ccccc5n(-c5cccc6oc7c(-c8ccccc8)cccc7c56)c34)n2)c([2H])c1[2H]. The average Bonchev–Trinajstić information content (AvgIpc) is 3.83. The van der Waals surface area contributed by atoms with Gasteiger partial charge in [0.2, 0.25) is 0 Å². The Morgan fingerprint density at radius 2 is 1.08 bits per heavy atom. The first-order valence-electron chi connectivity index (χ1n) is 20.9. The fourth-order valence-corrected chi connectivity index (χ4v) is 6.75. The van der Waals surface area contributed by atoms with E-state index >= 15 is 0 Å². The van der Waals surface area contributed by atoms with Crippen molar-refractivity contribution in [1.29, 1.82) is 0 Å². The summed E-state index contributed by atoms with van der Waals surface area (Å²) >= 11 is 0. The molecule has 3 aromatic heterocycles. The molecular weight excluding hydrogens is 613 g/mol. The van der Waals surface area contributed by atoms with Crippen molar-refractivity contribution in [3.8, 4) is 51.0 Å². The standard InChI is InChI=1S/C45H28N4O/c1-4-15-29(16-5-1)32-22-12-24-35-40-38(27-14-28-39(40)50-42(32)35)49-37-26-11-10-21-33(37)34-23-13-25-36(41(34)49)45-47-43(30-17-6-2-7-18-30)46-44(48-45)31-19-8-3-9-20-31/h1-28H/i2D,3D,6D,7D,8D,9D,17D,18D,19D,20D. The number of furan rings is 1. The minimum atomic E-state index is -0.615. The van der Waals surface area contributed by atoms with Crippen LogP contribution in [0.25, 0.3) is 94.7 Å². The third kappa shape index (κ3) is 4.45. The Kier molecular flexibility index (Phi) is 4.52. The molecule has 0 amide bonds. The molecule has 50 heavy (non-hydrogen) atoms. The van der Waals surface area contributed by atoms with Gasteiger partial charge in [-0.25, -0.2) is 15.0 Å². The lowest BCUT2D eigenvalue weighted by atomic mass is 10.0. The molecule has 0 aliphatic rings. The first kappa shape index (κ1) is 19.8. The number of aromatic nitrogens is 4. The Bertz CT molecular complexity index is 3310. The molecule has 0 saturated carbocycles. The summed E-state index contributed by atoms with van der Waals surface area (Å²) in [4.78, 5) is 14.1. The van der Waals surface area contributed by atoms with E-state index in [9.17, 15) is 0 Å². The van der Waals surface area contributed by atoms with E-state index in [0.717, 1.165) is 49.5 Å². The summed E-state index contributed by atoms with van der Waals surface area (Å²) in [5.41, 5.74) is 5.33. The van der Waals surface area contributed by atoms with Gasteiger partial charge < -0.3 is 8.98 Å². The average molecular weight is 651 g/mol. The Balaban J connectivity index is 1.33. The molecular formula is C45H28N4O. The Hall–Kier alpha value is -6.85. The fourth-order valence-electron chi connectivity index (χ4n) is 6.75. The van der Waals surface area contributed by atoms with Crippen LogP contribution in [0, 0.1) is 0 Å². The Morgan fingerprint density at radius 1 is 0.480 bits per heavy atom. The van der Waals surface area contributed by atoms with Crippen molar-refractivity contribution in [3.05, 3.63) is 170 Å². The van der Waals surface area contributed by atoms with Gasteiger partial charge in [0.25, 0.3) is 0 Å². The molecule has 0 N–H and O–H groups in total. The molecule has 0 saturated heterocycles. The molecule has 0 unspecified atom stereocenters. The summed E-state index contributed by atoms with van der Waals surface area (Å²) in [6.45, 7) is 0. The topological polar surface area (TPSA) is 56.7 Å². The van der Waals surface area contributed by atoms with Gasteiger partial charge in [0.05, 0.1) is 35.8 Å². The van der Waals surface area contributed by atoms with E-state index in [4.69, 9.17) is 28.1 Å². The predicted octanol–water partition coefficient (Wildman–Crippen LogP) is 11.5. The maximum Gasteiger partial charge on any atom is 0.166 e. The summed E-state index contributed by atoms with van der Waals surface area (Å²) in [6, 6.07) is 29.4. The van der Waals surface area contributed by atoms with Crippen molar-refractivity contribution in [2.24, 2.45) is 0 Å². The van der Waals surface area contributed by atoms with Crippen LogP contribution < -0.4 is 0 Å². The minimum Gasteiger partial charge on any atom is -0.455 e. The monoisotopic (exact) mass is 650 g/mol. The molecule has 5 nitrogen and oxygen atoms in total. The molecule has 5 heteroatoms. The van der Waals surface area contributed by atoms with Gasteiger partial charge in [0.1, 0.15) is 11.2 Å². The quantitative estimate of drug-likeness (QED) is 0.186. The van der Waals surface area contributed by atoms with Crippen LogP contribution in [0.15, 0.2) is 174 Å². The molecule has 0 fully saturated rings. The number of para-hydroxylation sites is 3. The molecule has 10 aromatic rings. The first-order chi connectivity index (χ1) is 29.0. The van der Waals surface area contributed by atoms with E-state index < -0.39 is 60.4 Å². The van der Waals surface area contributed by atoms with Crippen LogP contribution in [0.3, 0.4) is 0 Å². The highest BCUT2D eigenvalue weighted by Gasteiger charge is 2.23. The van der Waals surface area contributed by atoms with E-state index in [-0.39, 0.29) is 28.6 Å².